The highest BCUT2D eigenvalue weighted by molar-refractivity contribution is 5.68. The zero-order valence-corrected chi connectivity index (χ0v) is 16.3. The topological polar surface area (TPSA) is 34.5 Å². The highest BCUT2D eigenvalue weighted by atomic mass is 16.6. The third kappa shape index (κ3) is 3.88. The molecule has 25 heavy (non-hydrogen) atoms. The van der Waals surface area contributed by atoms with E-state index in [1.54, 1.807) is 0 Å². The molecule has 140 valence electrons. The summed E-state index contributed by atoms with van der Waals surface area (Å²) in [7, 11) is 0. The zero-order valence-electron chi connectivity index (χ0n) is 16.3. The van der Waals surface area contributed by atoms with Crippen molar-refractivity contribution in [1.82, 2.24) is 9.47 Å². The first kappa shape index (κ1) is 18.3. The van der Waals surface area contributed by atoms with Crippen molar-refractivity contribution in [3.63, 3.8) is 0 Å². The summed E-state index contributed by atoms with van der Waals surface area (Å²) >= 11 is 0. The van der Waals surface area contributed by atoms with Crippen LogP contribution in [0.25, 0.3) is 0 Å². The van der Waals surface area contributed by atoms with Gasteiger partial charge in [0.25, 0.3) is 0 Å². The number of nitrogens with zero attached hydrogens (tertiary/aromatic N) is 2. The molecule has 1 aliphatic heterocycles. The minimum absolute atomic E-state index is 0.0761. The number of ether oxygens (including phenoxy) is 1. The summed E-state index contributed by atoms with van der Waals surface area (Å²) in [6, 6.07) is 4.39. The molecule has 0 saturated heterocycles. The molecule has 0 radical (unpaired) electrons. The lowest BCUT2D eigenvalue weighted by molar-refractivity contribution is -0.0193. The average molecular weight is 347 g/mol. The molecule has 0 N–H and O–H groups in total. The van der Waals surface area contributed by atoms with Crippen LogP contribution in [0.15, 0.2) is 18.3 Å². The van der Waals surface area contributed by atoms with E-state index in [9.17, 15) is 4.79 Å². The fourth-order valence-corrected chi connectivity index (χ4v) is 4.71. The Morgan fingerprint density at radius 1 is 1.32 bits per heavy atom. The van der Waals surface area contributed by atoms with E-state index in [1.165, 1.54) is 18.5 Å². The minimum Gasteiger partial charge on any atom is -0.446 e. The summed E-state index contributed by atoms with van der Waals surface area (Å²) in [6.45, 7) is 10.6. The first-order valence-electron chi connectivity index (χ1n) is 10.1. The lowest BCUT2D eigenvalue weighted by Crippen LogP contribution is -2.45. The number of fused-ring (bicyclic) bond motifs is 1. The van der Waals surface area contributed by atoms with Crippen molar-refractivity contribution in [2.45, 2.75) is 78.5 Å². The summed E-state index contributed by atoms with van der Waals surface area (Å²) in [5.74, 6) is 1.71. The maximum Gasteiger partial charge on any atom is 0.410 e. The van der Waals surface area contributed by atoms with Crippen LogP contribution in [0.4, 0.5) is 4.79 Å². The van der Waals surface area contributed by atoms with Crippen LogP contribution in [0.2, 0.25) is 0 Å². The molecule has 4 atom stereocenters. The Labute approximate surface area is 152 Å². The first-order chi connectivity index (χ1) is 12.0. The van der Waals surface area contributed by atoms with E-state index in [2.05, 4.69) is 50.6 Å². The van der Waals surface area contributed by atoms with E-state index in [0.29, 0.717) is 17.8 Å². The smallest absolute Gasteiger partial charge is 0.410 e. The van der Waals surface area contributed by atoms with Crippen molar-refractivity contribution in [3.8, 4) is 0 Å². The van der Waals surface area contributed by atoms with Crippen LogP contribution in [0, 0.1) is 17.8 Å². The molecule has 1 aliphatic carbocycles. The highest BCUT2D eigenvalue weighted by Gasteiger charge is 2.37. The average Bonchev–Trinajstić information content (AvgIpc) is 3.04. The summed E-state index contributed by atoms with van der Waals surface area (Å²) in [5.41, 5.74) is 1.25. The molecular formula is C21H34N2O2. The van der Waals surface area contributed by atoms with Gasteiger partial charge in [-0.05, 0) is 49.1 Å². The van der Waals surface area contributed by atoms with Gasteiger partial charge in [-0.3, -0.25) is 4.90 Å². The van der Waals surface area contributed by atoms with Crippen LogP contribution in [0.1, 0.15) is 71.5 Å². The number of rotatable bonds is 4. The first-order valence-corrected chi connectivity index (χ1v) is 10.1. The molecule has 1 unspecified atom stereocenters. The summed E-state index contributed by atoms with van der Waals surface area (Å²) in [5, 5.41) is 0. The Morgan fingerprint density at radius 3 is 2.84 bits per heavy atom. The summed E-state index contributed by atoms with van der Waals surface area (Å²) in [6.07, 6.45) is 7.60. The Balaban J connectivity index is 1.73. The van der Waals surface area contributed by atoms with Gasteiger partial charge in [0.2, 0.25) is 0 Å². The van der Waals surface area contributed by atoms with Crippen molar-refractivity contribution in [1.29, 1.82) is 0 Å². The lowest BCUT2D eigenvalue weighted by atomic mass is 9.75. The van der Waals surface area contributed by atoms with Crippen LogP contribution in [0.5, 0.6) is 0 Å². The van der Waals surface area contributed by atoms with Crippen molar-refractivity contribution in [3.05, 3.63) is 24.0 Å². The van der Waals surface area contributed by atoms with Crippen molar-refractivity contribution >= 4 is 6.09 Å². The van der Waals surface area contributed by atoms with Gasteiger partial charge in [0, 0.05) is 25.0 Å². The fraction of sp³-hybridized carbons (Fsp3) is 0.762. The van der Waals surface area contributed by atoms with Crippen LogP contribution >= 0.6 is 0 Å². The number of amides is 1. The second-order valence-corrected chi connectivity index (χ2v) is 8.37. The SMILES string of the molecule is CCCC1c2cccn2CCN1C(=O)O[C@@H]1C[C@H](C)CC[C@H]1C(C)C. The van der Waals surface area contributed by atoms with Gasteiger partial charge in [-0.25, -0.2) is 4.79 Å². The van der Waals surface area contributed by atoms with Gasteiger partial charge in [0.1, 0.15) is 6.10 Å². The number of hydrogen-bond acceptors (Lipinski definition) is 2. The predicted molar refractivity (Wildman–Crippen MR) is 100 cm³/mol. The molecule has 2 heterocycles. The number of carbonyl (C=O) groups is 1. The van der Waals surface area contributed by atoms with Gasteiger partial charge >= 0.3 is 6.09 Å². The summed E-state index contributed by atoms with van der Waals surface area (Å²) in [4.78, 5) is 15.0. The molecule has 1 aromatic rings. The Bertz CT molecular complexity index is 580. The van der Waals surface area contributed by atoms with Gasteiger partial charge in [0.15, 0.2) is 0 Å². The molecule has 0 aromatic carbocycles. The molecule has 1 fully saturated rings. The minimum atomic E-state index is -0.101. The van der Waals surface area contributed by atoms with Gasteiger partial charge in [0.05, 0.1) is 6.04 Å². The Kier molecular flexibility index (Phi) is 5.75. The van der Waals surface area contributed by atoms with E-state index in [4.69, 9.17) is 4.74 Å². The zero-order chi connectivity index (χ0) is 18.0. The van der Waals surface area contributed by atoms with E-state index in [0.717, 1.165) is 32.4 Å². The third-order valence-corrected chi connectivity index (χ3v) is 6.17. The fourth-order valence-electron chi connectivity index (χ4n) is 4.71. The van der Waals surface area contributed by atoms with Gasteiger partial charge < -0.3 is 9.30 Å². The van der Waals surface area contributed by atoms with Crippen LogP contribution in [-0.4, -0.2) is 28.2 Å². The standard InChI is InChI=1S/C21H34N2O2/c1-5-7-19-18-8-6-11-22(18)12-13-23(19)21(24)25-20-14-16(4)9-10-17(20)15(2)3/h6,8,11,15-17,19-20H,5,7,9-10,12-14H2,1-4H3/t16-,17+,19?,20-/m1/s1. The largest absolute Gasteiger partial charge is 0.446 e. The van der Waals surface area contributed by atoms with E-state index in [-0.39, 0.29) is 18.2 Å². The molecular weight excluding hydrogens is 312 g/mol. The molecule has 0 spiro atoms. The van der Waals surface area contributed by atoms with Gasteiger partial charge in [-0.15, -0.1) is 0 Å². The lowest BCUT2D eigenvalue weighted by Gasteiger charge is -2.40. The predicted octanol–water partition coefficient (Wildman–Crippen LogP) is 5.24. The van der Waals surface area contributed by atoms with Crippen LogP contribution in [0.3, 0.4) is 0 Å². The molecule has 1 amide bonds. The molecule has 2 aliphatic rings. The normalized spacial score (nSPS) is 29.6. The summed E-state index contributed by atoms with van der Waals surface area (Å²) < 4.78 is 8.40. The van der Waals surface area contributed by atoms with Crippen molar-refractivity contribution in [2.24, 2.45) is 17.8 Å². The van der Waals surface area contributed by atoms with Crippen molar-refractivity contribution < 1.29 is 9.53 Å². The van der Waals surface area contributed by atoms with E-state index in [1.807, 2.05) is 4.90 Å². The number of hydrogen-bond donors (Lipinski definition) is 0. The molecule has 3 rings (SSSR count). The second-order valence-electron chi connectivity index (χ2n) is 8.37. The monoisotopic (exact) mass is 346 g/mol. The Morgan fingerprint density at radius 2 is 2.12 bits per heavy atom. The highest BCUT2D eigenvalue weighted by Crippen LogP contribution is 2.37. The van der Waals surface area contributed by atoms with Crippen LogP contribution < -0.4 is 0 Å². The van der Waals surface area contributed by atoms with Crippen molar-refractivity contribution in [2.75, 3.05) is 6.54 Å². The van der Waals surface area contributed by atoms with E-state index < -0.39 is 0 Å². The third-order valence-electron chi connectivity index (χ3n) is 6.17. The number of carbonyl (C=O) groups excluding carboxylic acids is 1. The molecule has 0 bridgehead atoms. The maximum atomic E-state index is 13.1. The van der Waals surface area contributed by atoms with Gasteiger partial charge in [-0.1, -0.05) is 40.5 Å². The van der Waals surface area contributed by atoms with Crippen LogP contribution in [-0.2, 0) is 11.3 Å². The van der Waals surface area contributed by atoms with E-state index >= 15 is 0 Å². The van der Waals surface area contributed by atoms with Gasteiger partial charge in [-0.2, -0.15) is 0 Å². The second kappa shape index (κ2) is 7.84. The molecule has 1 saturated carbocycles. The molecule has 4 nitrogen and oxygen atoms in total. The Hall–Kier alpha value is -1.45. The quantitative estimate of drug-likeness (QED) is 0.747. The molecule has 1 aromatic heterocycles. The number of aromatic nitrogens is 1. The molecule has 4 heteroatoms. The maximum absolute atomic E-state index is 13.1.